The molecule has 0 bridgehead atoms. The molecule has 1 saturated carbocycles. The van der Waals surface area contributed by atoms with Crippen LogP contribution in [0.3, 0.4) is 0 Å². The van der Waals surface area contributed by atoms with Crippen LogP contribution in [0.1, 0.15) is 40.5 Å². The number of furan rings is 1. The highest BCUT2D eigenvalue weighted by Gasteiger charge is 2.30. The van der Waals surface area contributed by atoms with Gasteiger partial charge in [-0.1, -0.05) is 6.07 Å². The Kier molecular flexibility index (Phi) is 2.60. The number of fused-ring (bicyclic) bond motifs is 1. The van der Waals surface area contributed by atoms with E-state index in [9.17, 15) is 9.90 Å². The van der Waals surface area contributed by atoms with Crippen molar-refractivity contribution in [3.05, 3.63) is 53.7 Å². The van der Waals surface area contributed by atoms with Crippen LogP contribution in [0.4, 0.5) is 0 Å². The van der Waals surface area contributed by atoms with Crippen LogP contribution >= 0.6 is 0 Å². The molecule has 1 aliphatic rings. The summed E-state index contributed by atoms with van der Waals surface area (Å²) in [5.41, 5.74) is 2.77. The number of carboxylic acid groups (broad SMARTS) is 1. The van der Waals surface area contributed by atoms with Crippen LogP contribution in [0.25, 0.3) is 11.0 Å². The Balaban J connectivity index is 1.92. The summed E-state index contributed by atoms with van der Waals surface area (Å²) in [5, 5.41) is 9.33. The number of carbonyl (C=O) groups is 1. The molecule has 1 aliphatic carbocycles. The lowest BCUT2D eigenvalue weighted by atomic mass is 10.2. The summed E-state index contributed by atoms with van der Waals surface area (Å²) in [4.78, 5) is 16.0. The Labute approximate surface area is 120 Å². The van der Waals surface area contributed by atoms with E-state index in [2.05, 4.69) is 9.55 Å². The monoisotopic (exact) mass is 282 g/mol. The van der Waals surface area contributed by atoms with Gasteiger partial charge in [0, 0.05) is 11.5 Å². The van der Waals surface area contributed by atoms with E-state index >= 15 is 0 Å². The zero-order valence-corrected chi connectivity index (χ0v) is 11.3. The van der Waals surface area contributed by atoms with Crippen LogP contribution in [-0.2, 0) is 6.54 Å². The molecule has 4 rings (SSSR count). The zero-order valence-electron chi connectivity index (χ0n) is 11.3. The minimum absolute atomic E-state index is 0.264. The van der Waals surface area contributed by atoms with Gasteiger partial charge in [0.25, 0.3) is 0 Å². The normalized spacial score (nSPS) is 14.7. The molecule has 5 heteroatoms. The van der Waals surface area contributed by atoms with Crippen molar-refractivity contribution < 1.29 is 14.3 Å². The second-order valence-electron chi connectivity index (χ2n) is 5.44. The van der Waals surface area contributed by atoms with E-state index in [-0.39, 0.29) is 5.56 Å². The highest BCUT2D eigenvalue weighted by Crippen LogP contribution is 2.41. The maximum absolute atomic E-state index is 11.4. The molecular weight excluding hydrogens is 268 g/mol. The lowest BCUT2D eigenvalue weighted by molar-refractivity contribution is 0.0699. The van der Waals surface area contributed by atoms with Gasteiger partial charge in [0.05, 0.1) is 30.2 Å². The molecule has 0 spiro atoms. The molecule has 3 aromatic rings. The number of hydrogen-bond donors (Lipinski definition) is 1. The van der Waals surface area contributed by atoms with Crippen LogP contribution in [0, 0.1) is 0 Å². The molecule has 1 aromatic carbocycles. The van der Waals surface area contributed by atoms with Gasteiger partial charge >= 0.3 is 5.97 Å². The molecular formula is C16H14N2O3. The molecule has 0 radical (unpaired) electrons. The number of aromatic nitrogens is 2. The Hall–Kier alpha value is -2.56. The minimum atomic E-state index is -0.934. The fourth-order valence-corrected chi connectivity index (χ4v) is 2.72. The van der Waals surface area contributed by atoms with Crippen molar-refractivity contribution in [2.75, 3.05) is 0 Å². The van der Waals surface area contributed by atoms with Crippen molar-refractivity contribution in [1.29, 1.82) is 0 Å². The number of aromatic carboxylic acids is 1. The van der Waals surface area contributed by atoms with E-state index in [1.807, 2.05) is 12.1 Å². The van der Waals surface area contributed by atoms with Crippen molar-refractivity contribution in [1.82, 2.24) is 9.55 Å². The predicted molar refractivity (Wildman–Crippen MR) is 76.5 cm³/mol. The minimum Gasteiger partial charge on any atom is -0.478 e. The van der Waals surface area contributed by atoms with Gasteiger partial charge in [-0.3, -0.25) is 0 Å². The van der Waals surface area contributed by atoms with E-state index in [1.54, 1.807) is 24.7 Å². The summed E-state index contributed by atoms with van der Waals surface area (Å²) >= 11 is 0. The molecule has 0 saturated heterocycles. The van der Waals surface area contributed by atoms with Crippen molar-refractivity contribution in [3.63, 3.8) is 0 Å². The van der Waals surface area contributed by atoms with Gasteiger partial charge in [0.15, 0.2) is 0 Å². The van der Waals surface area contributed by atoms with Gasteiger partial charge in [0.1, 0.15) is 11.3 Å². The average molecular weight is 282 g/mol. The molecule has 1 N–H and O–H groups in total. The third-order valence-electron chi connectivity index (χ3n) is 3.90. The summed E-state index contributed by atoms with van der Waals surface area (Å²) in [6.07, 6.45) is 5.60. The molecule has 1 fully saturated rings. The van der Waals surface area contributed by atoms with Crippen molar-refractivity contribution in [3.8, 4) is 0 Å². The molecule has 0 atom stereocenters. The molecule has 0 amide bonds. The van der Waals surface area contributed by atoms with Crippen molar-refractivity contribution >= 4 is 17.0 Å². The quantitative estimate of drug-likeness (QED) is 0.797. The molecule has 0 aliphatic heterocycles. The van der Waals surface area contributed by atoms with Crippen molar-refractivity contribution in [2.45, 2.75) is 25.3 Å². The molecule has 2 heterocycles. The van der Waals surface area contributed by atoms with Crippen LogP contribution in [0.5, 0.6) is 0 Å². The van der Waals surface area contributed by atoms with Crippen LogP contribution in [-0.4, -0.2) is 20.6 Å². The molecule has 5 nitrogen and oxygen atoms in total. The summed E-state index contributed by atoms with van der Waals surface area (Å²) in [5.74, 6) is 0.502. The lowest BCUT2D eigenvalue weighted by Gasteiger charge is -2.07. The third kappa shape index (κ3) is 2.01. The first-order valence-electron chi connectivity index (χ1n) is 6.97. The molecule has 21 heavy (non-hydrogen) atoms. The maximum Gasteiger partial charge on any atom is 0.337 e. The Bertz CT molecular complexity index is 814. The van der Waals surface area contributed by atoms with Gasteiger partial charge in [-0.25, -0.2) is 9.78 Å². The smallest absolute Gasteiger partial charge is 0.337 e. The summed E-state index contributed by atoms with van der Waals surface area (Å²) in [7, 11) is 0. The highest BCUT2D eigenvalue weighted by atomic mass is 16.4. The van der Waals surface area contributed by atoms with E-state index < -0.39 is 5.97 Å². The van der Waals surface area contributed by atoms with E-state index in [0.717, 1.165) is 29.7 Å². The van der Waals surface area contributed by atoms with Crippen LogP contribution in [0.15, 0.2) is 41.2 Å². The van der Waals surface area contributed by atoms with Gasteiger partial charge in [-0.2, -0.15) is 0 Å². The largest absolute Gasteiger partial charge is 0.478 e. The fraction of sp³-hybridized carbons (Fsp3) is 0.250. The molecule has 106 valence electrons. The number of benzene rings is 1. The van der Waals surface area contributed by atoms with Gasteiger partial charge in [0.2, 0.25) is 0 Å². The van der Waals surface area contributed by atoms with Crippen LogP contribution in [0.2, 0.25) is 0 Å². The molecule has 0 unspecified atom stereocenters. The summed E-state index contributed by atoms with van der Waals surface area (Å²) in [6.45, 7) is 0.655. The first-order valence-corrected chi connectivity index (χ1v) is 6.97. The Morgan fingerprint density at radius 1 is 1.38 bits per heavy atom. The SMILES string of the molecule is O=C(O)c1cccc2c1nc(C1CC1)n2Cc1ccoc1. The second-order valence-corrected chi connectivity index (χ2v) is 5.44. The third-order valence-corrected chi connectivity index (χ3v) is 3.90. The van der Waals surface area contributed by atoms with Gasteiger partial charge in [-0.05, 0) is 31.0 Å². The topological polar surface area (TPSA) is 68.3 Å². The first-order chi connectivity index (χ1) is 10.2. The molecule has 2 aromatic heterocycles. The number of hydrogen-bond acceptors (Lipinski definition) is 3. The number of nitrogens with zero attached hydrogens (tertiary/aromatic N) is 2. The highest BCUT2D eigenvalue weighted by molar-refractivity contribution is 6.01. The number of imidazole rings is 1. The maximum atomic E-state index is 11.4. The fourth-order valence-electron chi connectivity index (χ4n) is 2.72. The van der Waals surface area contributed by atoms with Crippen molar-refractivity contribution in [2.24, 2.45) is 0 Å². The van der Waals surface area contributed by atoms with Crippen LogP contribution < -0.4 is 0 Å². The number of para-hydroxylation sites is 1. The second kappa shape index (κ2) is 4.48. The van der Waals surface area contributed by atoms with Gasteiger partial charge < -0.3 is 14.1 Å². The zero-order chi connectivity index (χ0) is 14.4. The summed E-state index contributed by atoms with van der Waals surface area (Å²) < 4.78 is 7.24. The van der Waals surface area contributed by atoms with Gasteiger partial charge in [-0.15, -0.1) is 0 Å². The Morgan fingerprint density at radius 3 is 2.90 bits per heavy atom. The number of rotatable bonds is 4. The number of carboxylic acids is 1. The van der Waals surface area contributed by atoms with E-state index in [1.165, 1.54) is 0 Å². The average Bonchev–Trinajstić information content (AvgIpc) is 3.07. The predicted octanol–water partition coefficient (Wildman–Crippen LogP) is 3.25. The Morgan fingerprint density at radius 2 is 2.24 bits per heavy atom. The lowest BCUT2D eigenvalue weighted by Crippen LogP contribution is -2.03. The summed E-state index contributed by atoms with van der Waals surface area (Å²) in [6, 6.07) is 7.23. The van der Waals surface area contributed by atoms with E-state index in [0.29, 0.717) is 18.0 Å². The van der Waals surface area contributed by atoms with E-state index in [4.69, 9.17) is 4.42 Å². The first kappa shape index (κ1) is 12.2. The standard InChI is InChI=1S/C16H14N2O3/c19-16(20)12-2-1-3-13-14(12)17-15(11-4-5-11)18(13)8-10-6-7-21-9-10/h1-3,6-7,9,11H,4-5,8H2,(H,19,20).